The lowest BCUT2D eigenvalue weighted by Crippen LogP contribution is -2.53. The van der Waals surface area contributed by atoms with Crippen molar-refractivity contribution < 1.29 is 8.78 Å². The molecule has 160 valence electrons. The van der Waals surface area contributed by atoms with Gasteiger partial charge < -0.3 is 9.47 Å². The van der Waals surface area contributed by atoms with Gasteiger partial charge in [0.15, 0.2) is 0 Å². The molecule has 0 saturated carbocycles. The normalized spacial score (nSPS) is 17.1. The van der Waals surface area contributed by atoms with Crippen LogP contribution in [0, 0.1) is 23.0 Å². The summed E-state index contributed by atoms with van der Waals surface area (Å²) in [6.45, 7) is 4.41. The van der Waals surface area contributed by atoms with Crippen LogP contribution in [0.1, 0.15) is 24.6 Å². The first kappa shape index (κ1) is 20.9. The highest BCUT2D eigenvalue weighted by molar-refractivity contribution is 5.89. The predicted octanol–water partition coefficient (Wildman–Crippen LogP) is 3.18. The highest BCUT2D eigenvalue weighted by Gasteiger charge is 2.28. The van der Waals surface area contributed by atoms with Gasteiger partial charge in [-0.15, -0.1) is 0 Å². The maximum Gasteiger partial charge on any atom is 0.252 e. The number of nitriles is 1. The lowest BCUT2D eigenvalue weighted by molar-refractivity contribution is 0.210. The number of hydrogen-bond acceptors (Lipinski definition) is 5. The minimum Gasteiger partial charge on any atom is -0.364 e. The molecule has 1 aromatic carbocycles. The molecule has 1 fully saturated rings. The highest BCUT2D eigenvalue weighted by Crippen LogP contribution is 2.28. The third-order valence-electron chi connectivity index (χ3n) is 5.94. The highest BCUT2D eigenvalue weighted by atomic mass is 19.1. The lowest BCUT2D eigenvalue weighted by atomic mass is 10.1. The van der Waals surface area contributed by atoms with Crippen LogP contribution < -0.4 is 10.5 Å². The molecule has 0 amide bonds. The van der Waals surface area contributed by atoms with E-state index in [0.29, 0.717) is 48.5 Å². The fraction of sp³-hybridized carbons (Fsp3) is 0.348. The molecule has 0 radical (unpaired) electrons. The van der Waals surface area contributed by atoms with Crippen molar-refractivity contribution in [2.24, 2.45) is 7.05 Å². The number of aryl methyl sites for hydroxylation is 1. The molecule has 4 rings (SSSR count). The van der Waals surface area contributed by atoms with Crippen LogP contribution in [-0.4, -0.2) is 40.1 Å². The van der Waals surface area contributed by atoms with E-state index in [1.165, 1.54) is 16.7 Å². The molecule has 6 nitrogen and oxygen atoms in total. The first-order chi connectivity index (χ1) is 14.9. The summed E-state index contributed by atoms with van der Waals surface area (Å²) in [6, 6.07) is 10.8. The second kappa shape index (κ2) is 8.44. The van der Waals surface area contributed by atoms with E-state index in [1.54, 1.807) is 25.2 Å². The van der Waals surface area contributed by atoms with Crippen molar-refractivity contribution in [3.8, 4) is 6.07 Å². The van der Waals surface area contributed by atoms with E-state index < -0.39 is 11.6 Å². The maximum absolute atomic E-state index is 14.1. The monoisotopic (exact) mass is 423 g/mol. The van der Waals surface area contributed by atoms with Crippen LogP contribution in [0.15, 0.2) is 41.2 Å². The van der Waals surface area contributed by atoms with Crippen LogP contribution >= 0.6 is 0 Å². The van der Waals surface area contributed by atoms with Gasteiger partial charge in [0.25, 0.3) is 5.56 Å². The third-order valence-corrected chi connectivity index (χ3v) is 5.94. The van der Waals surface area contributed by atoms with Gasteiger partial charge in [-0.1, -0.05) is 13.0 Å². The standard InChI is InChI=1S/C23H23F2N5O/c1-3-18-14-29(13-15-4-5-16(24)10-19(15)25)8-9-30(18)21-11-22(31)28(2)20-7-6-17(12-26)27-23(20)21/h4-7,10-11,18H,3,8-9,13-14H2,1-2H3/t18-/m0/s1. The molecule has 2 aromatic heterocycles. The Balaban J connectivity index is 1.65. The zero-order valence-electron chi connectivity index (χ0n) is 17.5. The van der Waals surface area contributed by atoms with Gasteiger partial charge in [-0.2, -0.15) is 5.26 Å². The fourth-order valence-electron chi connectivity index (χ4n) is 4.21. The van der Waals surface area contributed by atoms with E-state index >= 15 is 0 Å². The third kappa shape index (κ3) is 4.01. The van der Waals surface area contributed by atoms with Crippen molar-refractivity contribution in [2.45, 2.75) is 25.9 Å². The molecule has 3 heterocycles. The molecule has 3 aromatic rings. The molecule has 0 bridgehead atoms. The maximum atomic E-state index is 14.1. The quantitative estimate of drug-likeness (QED) is 0.645. The van der Waals surface area contributed by atoms with Crippen molar-refractivity contribution in [3.05, 3.63) is 69.6 Å². The average molecular weight is 423 g/mol. The molecule has 0 N–H and O–H groups in total. The number of hydrogen-bond donors (Lipinski definition) is 0. The van der Waals surface area contributed by atoms with E-state index in [4.69, 9.17) is 0 Å². The second-order valence-electron chi connectivity index (χ2n) is 7.83. The SMILES string of the molecule is CC[C@H]1CN(Cc2ccc(F)cc2F)CCN1c1cc(=O)n(C)c2ccc(C#N)nc12. The van der Waals surface area contributed by atoms with Crippen LogP contribution in [0.2, 0.25) is 0 Å². The topological polar surface area (TPSA) is 65.2 Å². The number of rotatable bonds is 4. The first-order valence-electron chi connectivity index (χ1n) is 10.2. The summed E-state index contributed by atoms with van der Waals surface area (Å²) in [5, 5.41) is 9.28. The average Bonchev–Trinajstić information content (AvgIpc) is 2.77. The van der Waals surface area contributed by atoms with Gasteiger partial charge in [-0.25, -0.2) is 13.8 Å². The van der Waals surface area contributed by atoms with Crippen molar-refractivity contribution in [1.29, 1.82) is 5.26 Å². The lowest BCUT2D eigenvalue weighted by Gasteiger charge is -2.42. The van der Waals surface area contributed by atoms with Crippen LogP contribution in [0.3, 0.4) is 0 Å². The van der Waals surface area contributed by atoms with E-state index in [9.17, 15) is 18.8 Å². The smallest absolute Gasteiger partial charge is 0.252 e. The summed E-state index contributed by atoms with van der Waals surface area (Å²) < 4.78 is 28.8. The number of pyridine rings is 2. The Hall–Kier alpha value is -3.31. The van der Waals surface area contributed by atoms with E-state index in [1.807, 2.05) is 0 Å². The summed E-state index contributed by atoms with van der Waals surface area (Å²) in [7, 11) is 1.69. The number of aromatic nitrogens is 2. The predicted molar refractivity (Wildman–Crippen MR) is 115 cm³/mol. The van der Waals surface area contributed by atoms with Gasteiger partial charge in [0.2, 0.25) is 0 Å². The van der Waals surface area contributed by atoms with Crippen LogP contribution in [0.25, 0.3) is 11.0 Å². The molecule has 1 atom stereocenters. The van der Waals surface area contributed by atoms with Crippen LogP contribution in [0.5, 0.6) is 0 Å². The van der Waals surface area contributed by atoms with Crippen molar-refractivity contribution in [1.82, 2.24) is 14.5 Å². The van der Waals surface area contributed by atoms with Gasteiger partial charge in [-0.3, -0.25) is 9.69 Å². The Kier molecular flexibility index (Phi) is 5.70. The Bertz CT molecular complexity index is 1230. The molecular formula is C23H23F2N5O. The molecule has 0 aliphatic carbocycles. The molecule has 1 aliphatic rings. The minimum absolute atomic E-state index is 0.0834. The Morgan fingerprint density at radius 2 is 2.00 bits per heavy atom. The van der Waals surface area contributed by atoms with Gasteiger partial charge in [-0.05, 0) is 24.6 Å². The molecule has 8 heteroatoms. The Morgan fingerprint density at radius 1 is 1.19 bits per heavy atom. The van der Waals surface area contributed by atoms with Crippen molar-refractivity contribution in [3.63, 3.8) is 0 Å². The molecule has 31 heavy (non-hydrogen) atoms. The zero-order chi connectivity index (χ0) is 22.1. The summed E-state index contributed by atoms with van der Waals surface area (Å²) >= 11 is 0. The Morgan fingerprint density at radius 3 is 2.71 bits per heavy atom. The molecule has 0 unspecified atom stereocenters. The number of piperazine rings is 1. The van der Waals surface area contributed by atoms with Crippen molar-refractivity contribution in [2.75, 3.05) is 24.5 Å². The number of nitrogens with zero attached hydrogens (tertiary/aromatic N) is 5. The largest absolute Gasteiger partial charge is 0.364 e. The minimum atomic E-state index is -0.584. The van der Waals surface area contributed by atoms with Crippen LogP contribution in [-0.2, 0) is 13.6 Å². The van der Waals surface area contributed by atoms with Gasteiger partial charge in [0, 0.05) is 57.0 Å². The Labute approximate surface area is 179 Å². The summed E-state index contributed by atoms with van der Waals surface area (Å²) in [5.41, 5.74) is 2.63. The molecular weight excluding hydrogens is 400 g/mol. The number of fused-ring (bicyclic) bond motifs is 1. The van der Waals surface area contributed by atoms with Crippen LogP contribution in [0.4, 0.5) is 14.5 Å². The number of benzene rings is 1. The van der Waals surface area contributed by atoms with E-state index in [-0.39, 0.29) is 11.6 Å². The molecule has 0 spiro atoms. The van der Waals surface area contributed by atoms with Gasteiger partial charge >= 0.3 is 0 Å². The fourth-order valence-corrected chi connectivity index (χ4v) is 4.21. The van der Waals surface area contributed by atoms with Gasteiger partial charge in [0.1, 0.15) is 28.9 Å². The summed E-state index contributed by atoms with van der Waals surface area (Å²) in [5.74, 6) is -1.12. The zero-order valence-corrected chi connectivity index (χ0v) is 17.5. The number of anilines is 1. The summed E-state index contributed by atoms with van der Waals surface area (Å²) in [6.07, 6.45) is 0.817. The van der Waals surface area contributed by atoms with Gasteiger partial charge in [0.05, 0.1) is 11.2 Å². The second-order valence-corrected chi connectivity index (χ2v) is 7.83. The summed E-state index contributed by atoms with van der Waals surface area (Å²) in [4.78, 5) is 21.4. The first-order valence-corrected chi connectivity index (χ1v) is 10.2. The molecule has 1 aliphatic heterocycles. The number of halogens is 2. The van der Waals surface area contributed by atoms with Crippen molar-refractivity contribution >= 4 is 16.7 Å². The van der Waals surface area contributed by atoms with E-state index in [0.717, 1.165) is 18.2 Å². The molecule has 1 saturated heterocycles. The van der Waals surface area contributed by atoms with E-state index in [2.05, 4.69) is 27.8 Å².